The molecule has 0 fully saturated rings. The molecule has 0 aliphatic rings. The summed E-state index contributed by atoms with van der Waals surface area (Å²) in [7, 11) is 0. The van der Waals surface area contributed by atoms with Crippen LogP contribution < -0.4 is 0 Å². The van der Waals surface area contributed by atoms with Crippen molar-refractivity contribution >= 4 is 58.4 Å². The molecule has 0 saturated heterocycles. The van der Waals surface area contributed by atoms with Gasteiger partial charge in [-0.3, -0.25) is 0 Å². The molecule has 0 unspecified atom stereocenters. The average Bonchev–Trinajstić information content (AvgIpc) is 3.04. The Morgan fingerprint density at radius 1 is 0.536 bits per heavy atom. The Morgan fingerprint density at radius 2 is 0.857 bits per heavy atom. The fraction of sp³-hybridized carbons (Fsp3) is 0.870. The van der Waals surface area contributed by atoms with Gasteiger partial charge < -0.3 is 0 Å². The van der Waals surface area contributed by atoms with Crippen LogP contribution in [0.25, 0.3) is 0 Å². The van der Waals surface area contributed by atoms with Crippen molar-refractivity contribution in [2.75, 3.05) is 11.5 Å². The number of rotatable bonds is 20. The average molecular weight is 479 g/mol. The van der Waals surface area contributed by atoms with Gasteiger partial charge in [0.05, 0.1) is 8.42 Å². The first-order chi connectivity index (χ1) is 13.8. The minimum Gasteiger partial charge on any atom is -0.113 e. The Balaban J connectivity index is 2.06. The van der Waals surface area contributed by atoms with Crippen LogP contribution in [-0.2, 0) is 0 Å². The van der Waals surface area contributed by atoms with E-state index in [2.05, 4.69) is 37.4 Å². The summed E-state index contributed by atoms with van der Waals surface area (Å²) in [5.74, 6) is 2.53. The lowest BCUT2D eigenvalue weighted by Gasteiger charge is -2.04. The molecule has 1 aromatic heterocycles. The van der Waals surface area contributed by atoms with E-state index in [-0.39, 0.29) is 0 Å². The minimum absolute atomic E-state index is 1.11. The third-order valence-corrected chi connectivity index (χ3v) is 10.7. The predicted octanol–water partition coefficient (Wildman–Crippen LogP) is 11.0. The van der Waals surface area contributed by atoms with Gasteiger partial charge in [0.2, 0.25) is 0 Å². The third-order valence-electron chi connectivity index (χ3n) is 4.98. The Morgan fingerprint density at radius 3 is 1.21 bits per heavy atom. The van der Waals surface area contributed by atoms with Crippen LogP contribution in [0.3, 0.4) is 0 Å². The summed E-state index contributed by atoms with van der Waals surface area (Å²) in [6, 6.07) is 0. The van der Waals surface area contributed by atoms with E-state index >= 15 is 0 Å². The molecule has 0 atom stereocenters. The zero-order valence-corrected chi connectivity index (χ0v) is 22.4. The lowest BCUT2D eigenvalue weighted by Crippen LogP contribution is -1.84. The first-order valence-electron chi connectivity index (χ1n) is 11.7. The highest BCUT2D eigenvalue weighted by Crippen LogP contribution is 2.41. The lowest BCUT2D eigenvalue weighted by molar-refractivity contribution is 0.586. The molecule has 0 amide bonds. The summed E-state index contributed by atoms with van der Waals surface area (Å²) in [6.45, 7) is 4.58. The zero-order chi connectivity index (χ0) is 20.3. The van der Waals surface area contributed by atoms with Crippen molar-refractivity contribution < 1.29 is 0 Å². The Kier molecular flexibility index (Phi) is 19.2. The molecular weight excluding hydrogens is 437 g/mol. The van der Waals surface area contributed by atoms with Crippen LogP contribution >= 0.6 is 58.4 Å². The molecule has 0 radical (unpaired) electrons. The Bertz CT molecular complexity index is 463. The Labute approximate surface area is 197 Å². The maximum atomic E-state index is 5.47. The molecular formula is C23H42S5. The molecule has 0 aliphatic carbocycles. The van der Waals surface area contributed by atoms with Gasteiger partial charge in [-0.25, -0.2) is 0 Å². The maximum absolute atomic E-state index is 5.47. The summed E-state index contributed by atoms with van der Waals surface area (Å²) in [6.07, 6.45) is 22.5. The van der Waals surface area contributed by atoms with Gasteiger partial charge in [0.25, 0.3) is 0 Å². The van der Waals surface area contributed by atoms with Crippen LogP contribution in [0, 0.1) is 3.14 Å². The molecule has 164 valence electrons. The third kappa shape index (κ3) is 14.9. The van der Waals surface area contributed by atoms with E-state index in [0.29, 0.717) is 0 Å². The van der Waals surface area contributed by atoms with Crippen LogP contribution in [0.5, 0.6) is 0 Å². The molecule has 0 aromatic carbocycles. The van der Waals surface area contributed by atoms with Gasteiger partial charge in [0, 0.05) is 0 Å². The highest BCUT2D eigenvalue weighted by molar-refractivity contribution is 8.05. The molecule has 0 spiro atoms. The Hall–Kier alpha value is 0.970. The van der Waals surface area contributed by atoms with Crippen LogP contribution in [-0.4, -0.2) is 11.5 Å². The van der Waals surface area contributed by atoms with E-state index < -0.39 is 0 Å². The van der Waals surface area contributed by atoms with E-state index in [9.17, 15) is 0 Å². The van der Waals surface area contributed by atoms with Crippen molar-refractivity contribution in [3.05, 3.63) is 3.14 Å². The van der Waals surface area contributed by atoms with E-state index in [0.717, 1.165) is 3.14 Å². The van der Waals surface area contributed by atoms with E-state index in [1.807, 2.05) is 22.7 Å². The first kappa shape index (κ1) is 27.0. The van der Waals surface area contributed by atoms with Gasteiger partial charge >= 0.3 is 0 Å². The van der Waals surface area contributed by atoms with Gasteiger partial charge in [-0.2, -0.15) is 0 Å². The molecule has 0 nitrogen and oxygen atoms in total. The molecule has 0 bridgehead atoms. The normalized spacial score (nSPS) is 11.4. The molecule has 1 aromatic rings. The van der Waals surface area contributed by atoms with Crippen molar-refractivity contribution in [1.29, 1.82) is 0 Å². The minimum atomic E-state index is 1.11. The first-order valence-corrected chi connectivity index (χ1v) is 15.7. The smallest absolute Gasteiger partial charge is 0.113 e. The zero-order valence-electron chi connectivity index (χ0n) is 18.3. The summed E-state index contributed by atoms with van der Waals surface area (Å²) < 4.78 is 4.11. The summed E-state index contributed by atoms with van der Waals surface area (Å²) >= 11 is 13.3. The van der Waals surface area contributed by atoms with Crippen LogP contribution in [0.4, 0.5) is 0 Å². The summed E-state index contributed by atoms with van der Waals surface area (Å²) in [5.41, 5.74) is 0. The molecule has 0 aliphatic heterocycles. The van der Waals surface area contributed by atoms with Gasteiger partial charge in [-0.15, -0.1) is 46.2 Å². The van der Waals surface area contributed by atoms with Gasteiger partial charge in [-0.05, 0) is 24.3 Å². The number of hydrogen-bond acceptors (Lipinski definition) is 5. The van der Waals surface area contributed by atoms with Crippen LogP contribution in [0.2, 0.25) is 0 Å². The van der Waals surface area contributed by atoms with Crippen molar-refractivity contribution in [1.82, 2.24) is 0 Å². The SMILES string of the molecule is CCCCCCCCCCSc1sc(=S)sc1SCCCCCCCCCC. The van der Waals surface area contributed by atoms with Crippen LogP contribution in [0.1, 0.15) is 117 Å². The van der Waals surface area contributed by atoms with Gasteiger partial charge in [0.1, 0.15) is 3.14 Å². The molecule has 1 heterocycles. The van der Waals surface area contributed by atoms with E-state index in [1.54, 1.807) is 0 Å². The molecule has 28 heavy (non-hydrogen) atoms. The quantitative estimate of drug-likeness (QED) is 0.104. The second kappa shape index (κ2) is 19.9. The number of unbranched alkanes of at least 4 members (excludes halogenated alkanes) is 14. The number of thioether (sulfide) groups is 2. The fourth-order valence-electron chi connectivity index (χ4n) is 3.23. The maximum Gasteiger partial charge on any atom is 0.145 e. The fourth-order valence-corrected chi connectivity index (χ4v) is 9.48. The van der Waals surface area contributed by atoms with Crippen molar-refractivity contribution in [3.63, 3.8) is 0 Å². The lowest BCUT2D eigenvalue weighted by atomic mass is 10.1. The monoisotopic (exact) mass is 478 g/mol. The van der Waals surface area contributed by atoms with Gasteiger partial charge in [-0.1, -0.05) is 116 Å². The highest BCUT2D eigenvalue weighted by Gasteiger charge is 2.08. The second-order valence-corrected chi connectivity index (χ2v) is 13.6. The molecule has 1 rings (SSSR count). The van der Waals surface area contributed by atoms with Crippen molar-refractivity contribution in [2.24, 2.45) is 0 Å². The topological polar surface area (TPSA) is 0 Å². The highest BCUT2D eigenvalue weighted by atomic mass is 32.2. The molecule has 5 heteroatoms. The summed E-state index contributed by atoms with van der Waals surface area (Å²) in [5, 5.41) is 0. The van der Waals surface area contributed by atoms with Crippen molar-refractivity contribution in [3.8, 4) is 0 Å². The molecule has 0 saturated carbocycles. The van der Waals surface area contributed by atoms with E-state index in [4.69, 9.17) is 12.2 Å². The van der Waals surface area contributed by atoms with Gasteiger partial charge in [0.15, 0.2) is 0 Å². The molecule has 0 N–H and O–H groups in total. The predicted molar refractivity (Wildman–Crippen MR) is 140 cm³/mol. The second-order valence-electron chi connectivity index (χ2n) is 7.68. The largest absolute Gasteiger partial charge is 0.145 e. The number of hydrogen-bond donors (Lipinski definition) is 0. The standard InChI is InChI=1S/C23H42S5/c1-3-5-7-9-11-13-15-17-19-25-21-22(28-23(24)27-21)26-20-18-16-14-12-10-8-6-4-2/h3-20H2,1-2H3. The van der Waals surface area contributed by atoms with E-state index in [1.165, 1.54) is 123 Å². The van der Waals surface area contributed by atoms with Crippen LogP contribution in [0.15, 0.2) is 8.42 Å². The summed E-state index contributed by atoms with van der Waals surface area (Å²) in [4.78, 5) is 0. The van der Waals surface area contributed by atoms with Crippen molar-refractivity contribution in [2.45, 2.75) is 125 Å².